The van der Waals surface area contributed by atoms with E-state index in [9.17, 15) is 0 Å². The zero-order valence-electron chi connectivity index (χ0n) is 7.66. The number of hydrogen-bond donors (Lipinski definition) is 0. The molecule has 1 aromatic heterocycles. The molecule has 0 fully saturated rings. The second-order valence-electron chi connectivity index (χ2n) is 2.49. The predicted molar refractivity (Wildman–Crippen MR) is 57.6 cm³/mol. The van der Waals surface area contributed by atoms with Crippen LogP contribution in [-0.4, -0.2) is 6.21 Å². The quantitative estimate of drug-likeness (QED) is 0.612. The summed E-state index contributed by atoms with van der Waals surface area (Å²) in [5.74, 6) is 0. The van der Waals surface area contributed by atoms with Gasteiger partial charge in [-0.3, -0.25) is 4.99 Å². The fourth-order valence-corrected chi connectivity index (χ4v) is 1.97. The molecular weight excluding hydrogens is 166 g/mol. The molecule has 0 aliphatic rings. The third kappa shape index (κ3) is 2.05. The van der Waals surface area contributed by atoms with Gasteiger partial charge in [0.05, 0.1) is 10.6 Å². The van der Waals surface area contributed by atoms with Crippen molar-refractivity contribution in [2.45, 2.75) is 20.8 Å². The van der Waals surface area contributed by atoms with Gasteiger partial charge >= 0.3 is 0 Å². The Kier molecular flexibility index (Phi) is 3.23. The van der Waals surface area contributed by atoms with Crippen LogP contribution in [0.25, 0.3) is 6.08 Å². The first-order valence-electron chi connectivity index (χ1n) is 3.99. The number of hydrogen-bond acceptors (Lipinski definition) is 2. The minimum absolute atomic E-state index is 1.08. The molecule has 2 heteroatoms. The maximum Gasteiger partial charge on any atom is 0.0808 e. The Hall–Kier alpha value is -0.890. The number of allylic oxidation sites excluding steroid dienone is 1. The van der Waals surface area contributed by atoms with E-state index in [2.05, 4.69) is 24.1 Å². The minimum atomic E-state index is 1.08. The smallest absolute Gasteiger partial charge is 0.0808 e. The second kappa shape index (κ2) is 4.21. The van der Waals surface area contributed by atoms with Crippen molar-refractivity contribution in [1.82, 2.24) is 0 Å². The molecular formula is C10H13NS. The van der Waals surface area contributed by atoms with E-state index in [-0.39, 0.29) is 0 Å². The van der Waals surface area contributed by atoms with E-state index in [0.717, 1.165) is 5.69 Å². The van der Waals surface area contributed by atoms with Crippen LogP contribution in [-0.2, 0) is 0 Å². The Bertz CT molecular complexity index is 278. The van der Waals surface area contributed by atoms with E-state index in [0.29, 0.717) is 0 Å². The summed E-state index contributed by atoms with van der Waals surface area (Å²) < 4.78 is 0. The number of aliphatic imine (C=N–C) groups is 1. The van der Waals surface area contributed by atoms with E-state index in [4.69, 9.17) is 0 Å². The zero-order chi connectivity index (χ0) is 8.97. The van der Waals surface area contributed by atoms with Gasteiger partial charge in [0, 0.05) is 11.1 Å². The summed E-state index contributed by atoms with van der Waals surface area (Å²) in [6.07, 6.45) is 5.97. The third-order valence-electron chi connectivity index (χ3n) is 1.45. The average Bonchev–Trinajstić information content (AvgIpc) is 2.33. The van der Waals surface area contributed by atoms with Crippen LogP contribution in [0.4, 0.5) is 5.69 Å². The lowest BCUT2D eigenvalue weighted by Gasteiger charge is -1.87. The molecule has 0 saturated carbocycles. The predicted octanol–water partition coefficient (Wildman–Crippen LogP) is 3.81. The van der Waals surface area contributed by atoms with E-state index in [1.54, 1.807) is 11.3 Å². The molecule has 0 N–H and O–H groups in total. The lowest BCUT2D eigenvalue weighted by Crippen LogP contribution is -1.62. The highest BCUT2D eigenvalue weighted by Crippen LogP contribution is 2.29. The van der Waals surface area contributed by atoms with Gasteiger partial charge in [-0.2, -0.15) is 0 Å². The topological polar surface area (TPSA) is 12.4 Å². The van der Waals surface area contributed by atoms with Crippen molar-refractivity contribution in [3.8, 4) is 0 Å². The second-order valence-corrected chi connectivity index (χ2v) is 3.78. The fourth-order valence-electron chi connectivity index (χ4n) is 1.03. The summed E-state index contributed by atoms with van der Waals surface area (Å²) in [6.45, 7) is 6.06. The van der Waals surface area contributed by atoms with E-state index in [1.807, 2.05) is 26.1 Å². The van der Waals surface area contributed by atoms with Crippen LogP contribution in [0.1, 0.15) is 23.6 Å². The van der Waals surface area contributed by atoms with Gasteiger partial charge in [0.15, 0.2) is 0 Å². The van der Waals surface area contributed by atoms with Gasteiger partial charge in [-0.25, -0.2) is 0 Å². The van der Waals surface area contributed by atoms with Crippen LogP contribution >= 0.6 is 11.3 Å². The van der Waals surface area contributed by atoms with E-state index < -0.39 is 0 Å². The zero-order valence-corrected chi connectivity index (χ0v) is 8.48. The summed E-state index contributed by atoms with van der Waals surface area (Å²) in [7, 11) is 0. The molecule has 0 spiro atoms. The molecule has 0 saturated heterocycles. The van der Waals surface area contributed by atoms with Crippen LogP contribution in [0.5, 0.6) is 0 Å². The van der Waals surface area contributed by atoms with Crippen molar-refractivity contribution in [2.24, 2.45) is 4.99 Å². The standard InChI is InChI=1S/C10H13NS/c1-4-6-10-9(11-5-2)7-8(3)12-10/h4-7H,1-3H3/b6-4-,11-5?. The maximum absolute atomic E-state index is 4.28. The van der Waals surface area contributed by atoms with Crippen LogP contribution in [0.3, 0.4) is 0 Å². The number of rotatable bonds is 2. The molecule has 0 aliphatic carbocycles. The summed E-state index contributed by atoms with van der Waals surface area (Å²) in [5.41, 5.74) is 1.08. The lowest BCUT2D eigenvalue weighted by molar-refractivity contribution is 1.54. The summed E-state index contributed by atoms with van der Waals surface area (Å²) in [5, 5.41) is 0. The Morgan fingerprint density at radius 2 is 2.17 bits per heavy atom. The van der Waals surface area contributed by atoms with Crippen molar-refractivity contribution >= 4 is 29.3 Å². The molecule has 1 heterocycles. The van der Waals surface area contributed by atoms with Crippen LogP contribution in [0.15, 0.2) is 17.1 Å². The molecule has 64 valence electrons. The molecule has 0 unspecified atom stereocenters. The summed E-state index contributed by atoms with van der Waals surface area (Å²) in [6, 6.07) is 2.11. The van der Waals surface area contributed by atoms with Gasteiger partial charge in [-0.1, -0.05) is 6.08 Å². The van der Waals surface area contributed by atoms with E-state index >= 15 is 0 Å². The number of thiophene rings is 1. The fraction of sp³-hybridized carbons (Fsp3) is 0.300. The molecule has 0 aromatic carbocycles. The van der Waals surface area contributed by atoms with Crippen LogP contribution in [0.2, 0.25) is 0 Å². The highest BCUT2D eigenvalue weighted by molar-refractivity contribution is 7.13. The molecule has 12 heavy (non-hydrogen) atoms. The average molecular weight is 179 g/mol. The van der Waals surface area contributed by atoms with Gasteiger partial charge in [-0.05, 0) is 32.9 Å². The van der Waals surface area contributed by atoms with Gasteiger partial charge < -0.3 is 0 Å². The van der Waals surface area contributed by atoms with Crippen molar-refractivity contribution in [1.29, 1.82) is 0 Å². The van der Waals surface area contributed by atoms with Crippen LogP contribution < -0.4 is 0 Å². The number of nitrogens with zero attached hydrogens (tertiary/aromatic N) is 1. The normalized spacial score (nSPS) is 11.9. The van der Waals surface area contributed by atoms with Gasteiger partial charge in [0.2, 0.25) is 0 Å². The molecule has 1 aromatic rings. The summed E-state index contributed by atoms with van der Waals surface area (Å²) in [4.78, 5) is 6.83. The van der Waals surface area contributed by atoms with Crippen molar-refractivity contribution < 1.29 is 0 Å². The molecule has 1 nitrogen and oxygen atoms in total. The molecule has 0 amide bonds. The Balaban J connectivity index is 3.07. The Morgan fingerprint density at radius 3 is 2.75 bits per heavy atom. The first kappa shape index (κ1) is 9.20. The van der Waals surface area contributed by atoms with Gasteiger partial charge in [-0.15, -0.1) is 11.3 Å². The van der Waals surface area contributed by atoms with Crippen molar-refractivity contribution in [3.05, 3.63) is 21.9 Å². The minimum Gasteiger partial charge on any atom is -0.260 e. The Morgan fingerprint density at radius 1 is 1.42 bits per heavy atom. The molecule has 0 atom stereocenters. The number of aryl methyl sites for hydroxylation is 1. The molecule has 0 aliphatic heterocycles. The first-order chi connectivity index (χ1) is 5.77. The molecule has 0 radical (unpaired) electrons. The SMILES string of the molecule is CC=Nc1cc(C)sc1/C=C\C. The lowest BCUT2D eigenvalue weighted by atomic mass is 10.3. The third-order valence-corrected chi connectivity index (χ3v) is 2.45. The van der Waals surface area contributed by atoms with Crippen LogP contribution in [0, 0.1) is 6.92 Å². The van der Waals surface area contributed by atoms with Crippen molar-refractivity contribution in [3.63, 3.8) is 0 Å². The van der Waals surface area contributed by atoms with Gasteiger partial charge in [0.1, 0.15) is 0 Å². The largest absolute Gasteiger partial charge is 0.260 e. The first-order valence-corrected chi connectivity index (χ1v) is 4.81. The Labute approximate surface area is 77.5 Å². The maximum atomic E-state index is 4.28. The highest BCUT2D eigenvalue weighted by atomic mass is 32.1. The summed E-state index contributed by atoms with van der Waals surface area (Å²) >= 11 is 1.78. The molecule has 1 rings (SSSR count). The van der Waals surface area contributed by atoms with Crippen molar-refractivity contribution in [2.75, 3.05) is 0 Å². The monoisotopic (exact) mass is 179 g/mol. The highest BCUT2D eigenvalue weighted by Gasteiger charge is 2.00. The molecule has 0 bridgehead atoms. The van der Waals surface area contributed by atoms with E-state index in [1.165, 1.54) is 9.75 Å². The van der Waals surface area contributed by atoms with Gasteiger partial charge in [0.25, 0.3) is 0 Å².